The highest BCUT2D eigenvalue weighted by molar-refractivity contribution is 5.78. The first-order chi connectivity index (χ1) is 10.7. The van der Waals surface area contributed by atoms with Gasteiger partial charge in [0.15, 0.2) is 0 Å². The van der Waals surface area contributed by atoms with Crippen LogP contribution in [0.2, 0.25) is 0 Å². The zero-order chi connectivity index (χ0) is 18.9. The van der Waals surface area contributed by atoms with Crippen molar-refractivity contribution < 1.29 is 19.1 Å². The van der Waals surface area contributed by atoms with Gasteiger partial charge in [-0.1, -0.05) is 20.8 Å². The Kier molecular flexibility index (Phi) is 5.86. The van der Waals surface area contributed by atoms with Crippen LogP contribution in [0.4, 0.5) is 0 Å². The number of carbonyl (C=O) groups excluding carboxylic acids is 2. The Hall–Kier alpha value is -1.84. The normalized spacial score (nSPS) is 13.4. The van der Waals surface area contributed by atoms with Crippen molar-refractivity contribution in [3.63, 3.8) is 0 Å². The number of ether oxygens (including phenoxy) is 2. The molecule has 0 saturated carbocycles. The van der Waals surface area contributed by atoms with Crippen molar-refractivity contribution in [1.29, 1.82) is 0 Å². The Morgan fingerprint density at radius 1 is 0.958 bits per heavy atom. The highest BCUT2D eigenvalue weighted by Crippen LogP contribution is 2.39. The summed E-state index contributed by atoms with van der Waals surface area (Å²) in [6.07, 6.45) is -0.361. The van der Waals surface area contributed by atoms with E-state index in [1.165, 1.54) is 6.92 Å². The maximum Gasteiger partial charge on any atom is 0.316 e. The van der Waals surface area contributed by atoms with Gasteiger partial charge in [0.2, 0.25) is 0 Å². The minimum absolute atomic E-state index is 0.242. The quantitative estimate of drug-likeness (QED) is 0.582. The van der Waals surface area contributed by atoms with Crippen LogP contribution in [0, 0.1) is 24.7 Å². The zero-order valence-electron chi connectivity index (χ0n) is 16.4. The van der Waals surface area contributed by atoms with Crippen molar-refractivity contribution in [2.45, 2.75) is 68.4 Å². The molecule has 1 aromatic rings. The van der Waals surface area contributed by atoms with E-state index in [1.807, 2.05) is 67.5 Å². The molecular weight excluding hydrogens is 304 g/mol. The van der Waals surface area contributed by atoms with Crippen molar-refractivity contribution >= 4 is 11.9 Å². The highest BCUT2D eigenvalue weighted by atomic mass is 16.5. The fourth-order valence-corrected chi connectivity index (χ4v) is 2.45. The smallest absolute Gasteiger partial charge is 0.316 e. The highest BCUT2D eigenvalue weighted by Gasteiger charge is 2.31. The number of hydrogen-bond acceptors (Lipinski definition) is 4. The van der Waals surface area contributed by atoms with Gasteiger partial charge in [-0.25, -0.2) is 0 Å². The van der Waals surface area contributed by atoms with E-state index in [1.54, 1.807) is 0 Å². The van der Waals surface area contributed by atoms with Gasteiger partial charge in [0.05, 0.1) is 5.41 Å². The predicted octanol–water partition coefficient (Wildman–Crippen LogP) is 4.91. The molecule has 1 unspecified atom stereocenters. The van der Waals surface area contributed by atoms with Crippen LogP contribution in [0.1, 0.15) is 71.3 Å². The maximum absolute atomic E-state index is 12.2. The summed E-state index contributed by atoms with van der Waals surface area (Å²) >= 11 is 0. The van der Waals surface area contributed by atoms with Gasteiger partial charge >= 0.3 is 11.9 Å². The van der Waals surface area contributed by atoms with Crippen LogP contribution in [0.5, 0.6) is 5.75 Å². The molecule has 0 aliphatic carbocycles. The van der Waals surface area contributed by atoms with Crippen molar-refractivity contribution in [3.8, 4) is 5.75 Å². The van der Waals surface area contributed by atoms with Crippen LogP contribution in [-0.4, -0.2) is 11.9 Å². The molecule has 0 fully saturated rings. The van der Waals surface area contributed by atoms with Crippen molar-refractivity contribution in [1.82, 2.24) is 0 Å². The molecule has 0 aliphatic heterocycles. The largest absolute Gasteiger partial charge is 0.457 e. The molecule has 0 aliphatic rings. The first-order valence-corrected chi connectivity index (χ1v) is 8.24. The lowest BCUT2D eigenvalue weighted by atomic mass is 9.83. The number of esters is 2. The number of benzene rings is 1. The topological polar surface area (TPSA) is 52.6 Å². The Balaban J connectivity index is 3.27. The molecule has 0 amide bonds. The molecule has 0 saturated heterocycles. The third-order valence-electron chi connectivity index (χ3n) is 3.66. The minimum atomic E-state index is -0.566. The van der Waals surface area contributed by atoms with Crippen molar-refractivity contribution in [2.24, 2.45) is 10.8 Å². The van der Waals surface area contributed by atoms with Gasteiger partial charge in [0, 0.05) is 12.3 Å². The first-order valence-electron chi connectivity index (χ1n) is 8.24. The predicted molar refractivity (Wildman–Crippen MR) is 95.0 cm³/mol. The lowest BCUT2D eigenvalue weighted by Gasteiger charge is -2.31. The molecule has 24 heavy (non-hydrogen) atoms. The summed E-state index contributed by atoms with van der Waals surface area (Å²) < 4.78 is 11.1. The third-order valence-corrected chi connectivity index (χ3v) is 3.66. The summed E-state index contributed by atoms with van der Waals surface area (Å²) in [5.74, 6) is -0.00330. The van der Waals surface area contributed by atoms with Crippen LogP contribution in [0.3, 0.4) is 0 Å². The van der Waals surface area contributed by atoms with Crippen LogP contribution in [0.15, 0.2) is 12.1 Å². The summed E-state index contributed by atoms with van der Waals surface area (Å²) in [6, 6.07) is 3.86. The van der Waals surface area contributed by atoms with E-state index < -0.39 is 5.41 Å². The molecule has 0 N–H and O–H groups in total. The number of hydrogen-bond donors (Lipinski definition) is 0. The molecule has 0 heterocycles. The summed E-state index contributed by atoms with van der Waals surface area (Å²) in [7, 11) is 0. The third kappa shape index (κ3) is 5.08. The van der Waals surface area contributed by atoms with Crippen LogP contribution in [0.25, 0.3) is 0 Å². The van der Waals surface area contributed by atoms with Gasteiger partial charge < -0.3 is 9.47 Å². The molecule has 0 spiro atoms. The van der Waals surface area contributed by atoms with Gasteiger partial charge in [-0.2, -0.15) is 0 Å². The van der Waals surface area contributed by atoms with Crippen LogP contribution >= 0.6 is 0 Å². The Bertz CT molecular complexity index is 607. The molecule has 0 aromatic heterocycles. The minimum Gasteiger partial charge on any atom is -0.457 e. The SMILES string of the molecule is CC(=O)OC(c1cc(C)c(OC(=O)C(C)(C)C)c(C)c1)C(C)(C)C. The molecule has 0 bridgehead atoms. The second-order valence-corrected chi connectivity index (χ2v) is 8.48. The molecule has 4 nitrogen and oxygen atoms in total. The van der Waals surface area contributed by atoms with Crippen LogP contribution < -0.4 is 4.74 Å². The molecule has 1 rings (SSSR count). The molecule has 1 aromatic carbocycles. The fraction of sp³-hybridized carbons (Fsp3) is 0.600. The van der Waals surface area contributed by atoms with E-state index in [2.05, 4.69) is 0 Å². The van der Waals surface area contributed by atoms with Crippen molar-refractivity contribution in [2.75, 3.05) is 0 Å². The van der Waals surface area contributed by atoms with Gasteiger partial charge in [0.25, 0.3) is 0 Å². The maximum atomic E-state index is 12.2. The van der Waals surface area contributed by atoms with Crippen LogP contribution in [-0.2, 0) is 14.3 Å². The second kappa shape index (κ2) is 6.96. The summed E-state index contributed by atoms with van der Waals surface area (Å²) in [5.41, 5.74) is 1.80. The monoisotopic (exact) mass is 334 g/mol. The van der Waals surface area contributed by atoms with E-state index in [0.29, 0.717) is 5.75 Å². The number of rotatable bonds is 3. The van der Waals surface area contributed by atoms with E-state index in [9.17, 15) is 9.59 Å². The Morgan fingerprint density at radius 2 is 1.42 bits per heavy atom. The van der Waals surface area contributed by atoms with Crippen molar-refractivity contribution in [3.05, 3.63) is 28.8 Å². The standard InChI is InChI=1S/C20H30O4/c1-12-10-15(17(19(4,5)6)23-14(3)21)11-13(2)16(12)24-18(22)20(7,8)9/h10-11,17H,1-9H3. The molecule has 0 radical (unpaired) electrons. The lowest BCUT2D eigenvalue weighted by molar-refractivity contribution is -0.152. The molecule has 134 valence electrons. The van der Waals surface area contributed by atoms with Gasteiger partial charge in [-0.15, -0.1) is 0 Å². The molecular formula is C20H30O4. The Labute approximate surface area is 145 Å². The van der Waals surface area contributed by atoms with E-state index >= 15 is 0 Å². The van der Waals surface area contributed by atoms with E-state index in [0.717, 1.165) is 16.7 Å². The summed E-state index contributed by atoms with van der Waals surface area (Å²) in [5, 5.41) is 0. The van der Waals surface area contributed by atoms with E-state index in [-0.39, 0.29) is 23.5 Å². The number of aryl methyl sites for hydroxylation is 2. The summed E-state index contributed by atoms with van der Waals surface area (Å²) in [6.45, 7) is 16.8. The summed E-state index contributed by atoms with van der Waals surface area (Å²) in [4.78, 5) is 23.6. The lowest BCUT2D eigenvalue weighted by Crippen LogP contribution is -2.26. The Morgan fingerprint density at radius 3 is 1.75 bits per heavy atom. The first kappa shape index (κ1) is 20.2. The molecule has 1 atom stereocenters. The van der Waals surface area contributed by atoms with Gasteiger partial charge in [-0.05, 0) is 63.4 Å². The van der Waals surface area contributed by atoms with Gasteiger partial charge in [0.1, 0.15) is 11.9 Å². The average Bonchev–Trinajstić information content (AvgIpc) is 2.37. The van der Waals surface area contributed by atoms with E-state index in [4.69, 9.17) is 9.47 Å². The molecule has 4 heteroatoms. The van der Waals surface area contributed by atoms with Gasteiger partial charge in [-0.3, -0.25) is 9.59 Å². The average molecular weight is 334 g/mol. The zero-order valence-corrected chi connectivity index (χ0v) is 16.4. The number of carbonyl (C=O) groups is 2. The fourth-order valence-electron chi connectivity index (χ4n) is 2.45. The second-order valence-electron chi connectivity index (χ2n) is 8.48.